The third kappa shape index (κ3) is 6.82. The zero-order chi connectivity index (χ0) is 22.7. The van der Waals surface area contributed by atoms with Crippen LogP contribution in [0.5, 0.6) is 11.5 Å². The first-order chi connectivity index (χ1) is 15.5. The first-order valence-electron chi connectivity index (χ1n) is 11.8. The van der Waals surface area contributed by atoms with Gasteiger partial charge in [0.15, 0.2) is 0 Å². The van der Waals surface area contributed by atoms with Gasteiger partial charge in [-0.05, 0) is 0 Å². The van der Waals surface area contributed by atoms with Crippen LogP contribution in [0, 0.1) is 5.92 Å². The summed E-state index contributed by atoms with van der Waals surface area (Å²) in [4.78, 5) is 12.5. The molecule has 3 aromatic carbocycles. The van der Waals surface area contributed by atoms with Crippen LogP contribution in [-0.4, -0.2) is 11.1 Å². The maximum absolute atomic E-state index is 12.5. The summed E-state index contributed by atoms with van der Waals surface area (Å²) in [5, 5.41) is 0.714. The minimum absolute atomic E-state index is 0.448. The number of unbranched alkanes of at least 4 members (excludes halogenated alkanes) is 4. The molecule has 0 heterocycles. The predicted octanol–water partition coefficient (Wildman–Crippen LogP) is 7.76. The number of rotatable bonds is 13. The molecule has 0 fully saturated rings. The van der Waals surface area contributed by atoms with E-state index in [-0.39, 0.29) is 0 Å². The molecule has 0 spiro atoms. The maximum atomic E-state index is 12.5. The molecule has 172 valence electrons. The molecule has 0 atom stereocenters. The van der Waals surface area contributed by atoms with Gasteiger partial charge in [-0.15, -0.1) is 0 Å². The molecular formula is C28H37O3P. The molecule has 4 heteroatoms. The number of hydrogen-bond donors (Lipinski definition) is 1. The van der Waals surface area contributed by atoms with Crippen molar-refractivity contribution in [2.75, 3.05) is 6.16 Å². The topological polar surface area (TPSA) is 38.7 Å². The Kier molecular flexibility index (Phi) is 8.73. The molecule has 0 aliphatic heterocycles. The van der Waals surface area contributed by atoms with E-state index >= 15 is 0 Å². The number of hydrogen-bond acceptors (Lipinski definition) is 3. The van der Waals surface area contributed by atoms with Crippen molar-refractivity contribution in [1.29, 1.82) is 0 Å². The van der Waals surface area contributed by atoms with Gasteiger partial charge < -0.3 is 0 Å². The van der Waals surface area contributed by atoms with Crippen LogP contribution in [0.3, 0.4) is 0 Å². The van der Waals surface area contributed by atoms with Gasteiger partial charge in [0.2, 0.25) is 0 Å². The monoisotopic (exact) mass is 452 g/mol. The van der Waals surface area contributed by atoms with Gasteiger partial charge in [0, 0.05) is 0 Å². The Balaban J connectivity index is 1.86. The van der Waals surface area contributed by atoms with Crippen molar-refractivity contribution in [3.63, 3.8) is 0 Å². The first-order valence-corrected chi connectivity index (χ1v) is 14.0. The molecule has 0 aliphatic carbocycles. The van der Waals surface area contributed by atoms with Gasteiger partial charge in [-0.2, -0.15) is 0 Å². The molecule has 0 bridgehead atoms. The molecule has 3 aromatic rings. The fraction of sp³-hybridized carbons (Fsp3) is 0.357. The van der Waals surface area contributed by atoms with E-state index in [1.54, 1.807) is 0 Å². The average Bonchev–Trinajstić information content (AvgIpc) is 2.80. The summed E-state index contributed by atoms with van der Waals surface area (Å²) >= 11 is 0. The summed E-state index contributed by atoms with van der Waals surface area (Å²) in [5.41, 5.74) is 0. The zero-order valence-corrected chi connectivity index (χ0v) is 20.3. The Bertz CT molecular complexity index is 872. The average molecular weight is 453 g/mol. The second-order valence-electron chi connectivity index (χ2n) is 8.90. The molecule has 0 radical (unpaired) electrons. The van der Waals surface area contributed by atoms with Gasteiger partial charge in [-0.25, -0.2) is 0 Å². The van der Waals surface area contributed by atoms with Crippen molar-refractivity contribution in [2.45, 2.75) is 52.4 Å². The van der Waals surface area contributed by atoms with Crippen LogP contribution in [-0.2, 0) is 0 Å². The van der Waals surface area contributed by atoms with E-state index in [0.717, 1.165) is 25.2 Å². The molecule has 32 heavy (non-hydrogen) atoms. The predicted molar refractivity (Wildman–Crippen MR) is 137 cm³/mol. The fourth-order valence-corrected chi connectivity index (χ4v) is 7.28. The molecule has 0 aromatic heterocycles. The second-order valence-corrected chi connectivity index (χ2v) is 12.4. The second kappa shape index (κ2) is 11.5. The summed E-state index contributed by atoms with van der Waals surface area (Å²) in [6, 6.07) is 28.7. The van der Waals surface area contributed by atoms with Gasteiger partial charge in [-0.3, -0.25) is 0 Å². The molecule has 1 N–H and O–H groups in total. The number of para-hydroxylation sites is 2. The van der Waals surface area contributed by atoms with Crippen molar-refractivity contribution in [1.82, 2.24) is 0 Å². The van der Waals surface area contributed by atoms with Crippen LogP contribution in [0.4, 0.5) is 0 Å². The van der Waals surface area contributed by atoms with E-state index in [4.69, 9.17) is 9.05 Å². The van der Waals surface area contributed by atoms with Gasteiger partial charge in [0.25, 0.3) is 0 Å². The molecule has 0 aliphatic rings. The van der Waals surface area contributed by atoms with Crippen LogP contribution >= 0.6 is 7.28 Å². The Hall–Kier alpha value is -2.35. The Labute approximate surface area is 193 Å². The van der Waals surface area contributed by atoms with Gasteiger partial charge >= 0.3 is 193 Å². The summed E-state index contributed by atoms with van der Waals surface area (Å²) in [7, 11) is -4.25. The van der Waals surface area contributed by atoms with Crippen molar-refractivity contribution in [3.05, 3.63) is 91.0 Å². The Morgan fingerprint density at radius 1 is 0.625 bits per heavy atom. The summed E-state index contributed by atoms with van der Waals surface area (Å²) < 4.78 is 13.0. The summed E-state index contributed by atoms with van der Waals surface area (Å²) in [5.74, 6) is 1.99. The van der Waals surface area contributed by atoms with E-state index in [2.05, 4.69) is 13.8 Å². The summed E-state index contributed by atoms with van der Waals surface area (Å²) in [6.07, 6.45) is 7.25. The van der Waals surface area contributed by atoms with Gasteiger partial charge in [0.05, 0.1) is 0 Å². The molecular weight excluding hydrogens is 415 g/mol. The molecule has 0 saturated heterocycles. The van der Waals surface area contributed by atoms with Crippen molar-refractivity contribution in [3.8, 4) is 11.5 Å². The normalized spacial score (nSPS) is 12.8. The standard InChI is InChI=1S/C28H37O3P/c1-25(2)17-9-4-3-5-16-24-32(29,28-22-14-8-15-23-28,30-26-18-10-6-11-19-26)31-27-20-12-7-13-21-27/h6-8,10-15,18-23,25,29H,3-5,9,16-17,24H2,1-2H3. The third-order valence-electron chi connectivity index (χ3n) is 5.67. The molecule has 0 saturated carbocycles. The van der Waals surface area contributed by atoms with Crippen molar-refractivity contribution >= 4 is 12.6 Å². The third-order valence-corrected chi connectivity index (χ3v) is 9.27. The fourth-order valence-electron chi connectivity index (χ4n) is 3.94. The first kappa shape index (κ1) is 24.3. The van der Waals surface area contributed by atoms with Crippen LogP contribution in [0.25, 0.3) is 0 Å². The van der Waals surface area contributed by atoms with Crippen LogP contribution in [0.15, 0.2) is 91.0 Å². The Morgan fingerprint density at radius 3 is 1.56 bits per heavy atom. The van der Waals surface area contributed by atoms with E-state index in [9.17, 15) is 4.89 Å². The quantitative estimate of drug-likeness (QED) is 0.213. The molecule has 3 rings (SSSR count). The van der Waals surface area contributed by atoms with E-state index < -0.39 is 7.28 Å². The van der Waals surface area contributed by atoms with Crippen molar-refractivity contribution in [2.24, 2.45) is 5.92 Å². The molecule has 3 nitrogen and oxygen atoms in total. The molecule has 0 amide bonds. The van der Waals surface area contributed by atoms with E-state index in [1.165, 1.54) is 19.3 Å². The molecule has 0 unspecified atom stereocenters. The minimum atomic E-state index is -4.25. The summed E-state index contributed by atoms with van der Waals surface area (Å²) in [6.45, 7) is 4.55. The van der Waals surface area contributed by atoms with E-state index in [1.807, 2.05) is 91.0 Å². The Morgan fingerprint density at radius 2 is 1.06 bits per heavy atom. The van der Waals surface area contributed by atoms with E-state index in [0.29, 0.717) is 23.0 Å². The van der Waals surface area contributed by atoms with Crippen LogP contribution < -0.4 is 14.4 Å². The van der Waals surface area contributed by atoms with Crippen molar-refractivity contribution < 1.29 is 13.9 Å². The van der Waals surface area contributed by atoms with Crippen LogP contribution in [0.2, 0.25) is 0 Å². The zero-order valence-electron chi connectivity index (χ0n) is 19.4. The van der Waals surface area contributed by atoms with Gasteiger partial charge in [0.1, 0.15) is 0 Å². The number of benzene rings is 3. The van der Waals surface area contributed by atoms with Gasteiger partial charge in [-0.1, -0.05) is 0 Å². The SMILES string of the molecule is CC(C)CCCCCCCP(O)(Oc1ccccc1)(Oc1ccccc1)c1ccccc1. The van der Waals surface area contributed by atoms with Crippen LogP contribution in [0.1, 0.15) is 52.4 Å².